The summed E-state index contributed by atoms with van der Waals surface area (Å²) in [5.41, 5.74) is -0.127. The van der Waals surface area contributed by atoms with Gasteiger partial charge in [0.1, 0.15) is 14.8 Å². The topological polar surface area (TPSA) is 130 Å². The number of rotatable bonds is 5. The normalized spacial score (nSPS) is 19.4. The van der Waals surface area contributed by atoms with Crippen molar-refractivity contribution in [3.05, 3.63) is 16.1 Å². The molecule has 1 aliphatic heterocycles. The molecule has 0 amide bonds. The number of carboxylic acid groups (broad SMARTS) is 1. The van der Waals surface area contributed by atoms with Crippen LogP contribution < -0.4 is 4.72 Å². The van der Waals surface area contributed by atoms with E-state index in [2.05, 4.69) is 9.71 Å². The number of hydrogen-bond donors (Lipinski definition) is 2. The Hall–Kier alpha value is -1.04. The SMILES string of the molecule is O=C(O)c1csc(CNS(=O)(=O)C2CCS(=O)(=O)CC2)n1. The highest BCUT2D eigenvalue weighted by atomic mass is 32.2. The Morgan fingerprint density at radius 2 is 2.05 bits per heavy atom. The van der Waals surface area contributed by atoms with Crippen LogP contribution in [-0.4, -0.2) is 49.7 Å². The van der Waals surface area contributed by atoms with Crippen molar-refractivity contribution >= 4 is 37.2 Å². The van der Waals surface area contributed by atoms with Crippen molar-refractivity contribution in [3.8, 4) is 0 Å². The van der Waals surface area contributed by atoms with Crippen LogP contribution in [0.2, 0.25) is 0 Å². The zero-order chi connectivity index (χ0) is 15.7. The predicted molar refractivity (Wildman–Crippen MR) is 76.5 cm³/mol. The summed E-state index contributed by atoms with van der Waals surface area (Å²) in [6.07, 6.45) is 0.159. The van der Waals surface area contributed by atoms with E-state index in [0.29, 0.717) is 5.01 Å². The van der Waals surface area contributed by atoms with Crippen LogP contribution in [0.25, 0.3) is 0 Å². The molecule has 1 fully saturated rings. The van der Waals surface area contributed by atoms with Crippen molar-refractivity contribution in [2.75, 3.05) is 11.5 Å². The molecule has 0 aliphatic carbocycles. The van der Waals surface area contributed by atoms with Crippen LogP contribution in [0.5, 0.6) is 0 Å². The molecule has 1 saturated heterocycles. The maximum atomic E-state index is 12.1. The lowest BCUT2D eigenvalue weighted by Crippen LogP contribution is -2.39. The molecule has 0 bridgehead atoms. The molecule has 0 radical (unpaired) electrons. The van der Waals surface area contributed by atoms with Crippen molar-refractivity contribution < 1.29 is 26.7 Å². The lowest BCUT2D eigenvalue weighted by atomic mass is 10.2. The number of aromatic nitrogens is 1. The van der Waals surface area contributed by atoms with Crippen LogP contribution in [0, 0.1) is 0 Å². The van der Waals surface area contributed by atoms with E-state index in [1.807, 2.05) is 0 Å². The molecule has 118 valence electrons. The second kappa shape index (κ2) is 5.99. The Morgan fingerprint density at radius 1 is 1.43 bits per heavy atom. The average molecular weight is 354 g/mol. The number of carboxylic acids is 1. The highest BCUT2D eigenvalue weighted by molar-refractivity contribution is 7.92. The summed E-state index contributed by atoms with van der Waals surface area (Å²) in [5, 5.41) is 9.67. The van der Waals surface area contributed by atoms with E-state index in [-0.39, 0.29) is 36.6 Å². The monoisotopic (exact) mass is 354 g/mol. The van der Waals surface area contributed by atoms with Gasteiger partial charge < -0.3 is 5.11 Å². The third kappa shape index (κ3) is 4.22. The number of sulfonamides is 1. The number of thiazole rings is 1. The molecule has 1 aliphatic rings. The molecule has 21 heavy (non-hydrogen) atoms. The minimum Gasteiger partial charge on any atom is -0.476 e. The summed E-state index contributed by atoms with van der Waals surface area (Å²) in [7, 11) is -6.75. The van der Waals surface area contributed by atoms with Crippen LogP contribution >= 0.6 is 11.3 Å². The van der Waals surface area contributed by atoms with E-state index in [1.165, 1.54) is 5.38 Å². The molecule has 2 rings (SSSR count). The van der Waals surface area contributed by atoms with Gasteiger partial charge in [-0.15, -0.1) is 11.3 Å². The number of nitrogens with zero attached hydrogens (tertiary/aromatic N) is 1. The smallest absolute Gasteiger partial charge is 0.355 e. The van der Waals surface area contributed by atoms with E-state index >= 15 is 0 Å². The molecule has 2 heterocycles. The molecule has 0 spiro atoms. The molecule has 0 saturated carbocycles. The molecule has 2 N–H and O–H groups in total. The lowest BCUT2D eigenvalue weighted by molar-refractivity contribution is 0.0691. The summed E-state index contributed by atoms with van der Waals surface area (Å²) >= 11 is 1.05. The first kappa shape index (κ1) is 16.3. The fourth-order valence-corrected chi connectivity index (χ4v) is 5.97. The molecular formula is C10H14N2O6S3. The maximum Gasteiger partial charge on any atom is 0.355 e. The Morgan fingerprint density at radius 3 is 2.57 bits per heavy atom. The molecule has 1 aromatic heterocycles. The van der Waals surface area contributed by atoms with Gasteiger partial charge in [0.2, 0.25) is 10.0 Å². The minimum absolute atomic E-state index is 0.0793. The van der Waals surface area contributed by atoms with Gasteiger partial charge in [0.05, 0.1) is 23.3 Å². The molecule has 1 aromatic rings. The third-order valence-corrected chi connectivity index (χ3v) is 7.60. The van der Waals surface area contributed by atoms with E-state index in [9.17, 15) is 21.6 Å². The number of aromatic carboxylic acids is 1. The maximum absolute atomic E-state index is 12.1. The Kier molecular flexibility index (Phi) is 4.66. The fraction of sp³-hybridized carbons (Fsp3) is 0.600. The largest absolute Gasteiger partial charge is 0.476 e. The van der Waals surface area contributed by atoms with Gasteiger partial charge in [0.25, 0.3) is 0 Å². The molecule has 0 atom stereocenters. The Labute approximate surface area is 126 Å². The van der Waals surface area contributed by atoms with E-state index in [4.69, 9.17) is 5.11 Å². The van der Waals surface area contributed by atoms with Crippen molar-refractivity contribution in [1.82, 2.24) is 9.71 Å². The second-order valence-corrected chi connectivity index (χ2v) is 9.94. The quantitative estimate of drug-likeness (QED) is 0.751. The highest BCUT2D eigenvalue weighted by Gasteiger charge is 2.32. The van der Waals surface area contributed by atoms with Crippen molar-refractivity contribution in [2.45, 2.75) is 24.6 Å². The number of sulfone groups is 1. The molecule has 0 aromatic carbocycles. The second-order valence-electron chi connectivity index (χ2n) is 4.65. The summed E-state index contributed by atoms with van der Waals surface area (Å²) in [6, 6.07) is 0. The highest BCUT2D eigenvalue weighted by Crippen LogP contribution is 2.19. The van der Waals surface area contributed by atoms with E-state index < -0.39 is 31.1 Å². The zero-order valence-corrected chi connectivity index (χ0v) is 13.3. The predicted octanol–water partition coefficient (Wildman–Crippen LogP) is -0.162. The first-order chi connectivity index (χ1) is 9.70. The van der Waals surface area contributed by atoms with Crippen LogP contribution in [0.1, 0.15) is 28.3 Å². The van der Waals surface area contributed by atoms with E-state index in [1.54, 1.807) is 0 Å². The van der Waals surface area contributed by atoms with Gasteiger partial charge in [-0.1, -0.05) is 0 Å². The summed E-state index contributed by atoms with van der Waals surface area (Å²) < 4.78 is 49.1. The molecule has 0 unspecified atom stereocenters. The first-order valence-corrected chi connectivity index (χ1v) is 10.3. The lowest BCUT2D eigenvalue weighted by Gasteiger charge is -2.21. The standard InChI is InChI=1S/C10H14N2O6S3/c13-10(14)8-6-19-9(12-8)5-11-21(17,18)7-1-3-20(15,16)4-2-7/h6-7,11H,1-5H2,(H,13,14). The van der Waals surface area contributed by atoms with Gasteiger partial charge >= 0.3 is 5.97 Å². The van der Waals surface area contributed by atoms with Gasteiger partial charge in [-0.3, -0.25) is 0 Å². The van der Waals surface area contributed by atoms with Gasteiger partial charge in [0.15, 0.2) is 5.69 Å². The summed E-state index contributed by atoms with van der Waals surface area (Å²) in [6.45, 7) is -0.0937. The van der Waals surface area contributed by atoms with Crippen molar-refractivity contribution in [2.24, 2.45) is 0 Å². The Bertz CT molecular complexity index is 723. The van der Waals surface area contributed by atoms with Crippen LogP contribution in [0.3, 0.4) is 0 Å². The zero-order valence-electron chi connectivity index (χ0n) is 10.9. The Balaban J connectivity index is 1.96. The average Bonchev–Trinajstić information content (AvgIpc) is 2.85. The summed E-state index contributed by atoms with van der Waals surface area (Å²) in [4.78, 5) is 14.4. The van der Waals surface area contributed by atoms with Gasteiger partial charge in [-0.25, -0.2) is 31.3 Å². The van der Waals surface area contributed by atoms with Crippen molar-refractivity contribution in [1.29, 1.82) is 0 Å². The fourth-order valence-electron chi connectivity index (χ4n) is 1.95. The minimum atomic E-state index is -3.64. The van der Waals surface area contributed by atoms with Crippen LogP contribution in [-0.2, 0) is 26.4 Å². The molecule has 11 heteroatoms. The number of nitrogens with one attached hydrogen (secondary N) is 1. The number of hydrogen-bond acceptors (Lipinski definition) is 7. The van der Waals surface area contributed by atoms with Gasteiger partial charge in [-0.05, 0) is 12.8 Å². The van der Waals surface area contributed by atoms with Crippen LogP contribution in [0.4, 0.5) is 0 Å². The van der Waals surface area contributed by atoms with E-state index in [0.717, 1.165) is 11.3 Å². The van der Waals surface area contributed by atoms with Crippen molar-refractivity contribution in [3.63, 3.8) is 0 Å². The molecular weight excluding hydrogens is 340 g/mol. The number of carbonyl (C=O) groups is 1. The third-order valence-electron chi connectivity index (χ3n) is 3.14. The molecule has 8 nitrogen and oxygen atoms in total. The summed E-state index contributed by atoms with van der Waals surface area (Å²) in [5.74, 6) is -1.42. The first-order valence-electron chi connectivity index (χ1n) is 6.06. The van der Waals surface area contributed by atoms with Gasteiger partial charge in [0, 0.05) is 5.38 Å². The van der Waals surface area contributed by atoms with Crippen LogP contribution in [0.15, 0.2) is 5.38 Å². The van der Waals surface area contributed by atoms with Gasteiger partial charge in [-0.2, -0.15) is 0 Å².